The number of benzene rings is 1. The summed E-state index contributed by atoms with van der Waals surface area (Å²) < 4.78 is 2.09. The molecule has 1 aliphatic carbocycles. The molecule has 0 aliphatic heterocycles. The number of nitrogens with zero attached hydrogens (tertiary/aromatic N) is 4. The number of hydrogen-bond donors (Lipinski definition) is 1. The third-order valence-corrected chi connectivity index (χ3v) is 6.98. The fraction of sp³-hybridized carbons (Fsp3) is 0.333. The molecule has 1 fully saturated rings. The van der Waals surface area contributed by atoms with Gasteiger partial charge >= 0.3 is 0 Å². The molecule has 30 heavy (non-hydrogen) atoms. The molecule has 1 amide bonds. The van der Waals surface area contributed by atoms with Crippen LogP contribution in [-0.2, 0) is 11.3 Å². The number of rotatable bonds is 8. The first kappa shape index (κ1) is 21.1. The van der Waals surface area contributed by atoms with Crippen LogP contribution in [0.3, 0.4) is 0 Å². The maximum Gasteiger partial charge on any atom is 0.236 e. The number of hydrogen-bond acceptors (Lipinski definition) is 6. The highest BCUT2D eigenvalue weighted by atomic mass is 35.5. The van der Waals surface area contributed by atoms with Crippen LogP contribution in [0.4, 0.5) is 5.13 Å². The Kier molecular flexibility index (Phi) is 6.86. The van der Waals surface area contributed by atoms with Crippen LogP contribution in [0.2, 0.25) is 5.02 Å². The molecule has 4 rings (SSSR count). The zero-order chi connectivity index (χ0) is 20.9. The Morgan fingerprint density at radius 1 is 1.30 bits per heavy atom. The largest absolute Gasteiger partial charge is 0.302 e. The number of carbonyl (C=O) groups excluding carboxylic acids is 1. The Labute approximate surface area is 188 Å². The summed E-state index contributed by atoms with van der Waals surface area (Å²) in [5.41, 5.74) is 1.77. The van der Waals surface area contributed by atoms with Crippen molar-refractivity contribution in [2.75, 3.05) is 11.1 Å². The smallest absolute Gasteiger partial charge is 0.236 e. The van der Waals surface area contributed by atoms with E-state index in [1.54, 1.807) is 0 Å². The van der Waals surface area contributed by atoms with Crippen molar-refractivity contribution in [2.45, 2.75) is 43.3 Å². The van der Waals surface area contributed by atoms with E-state index in [2.05, 4.69) is 31.6 Å². The summed E-state index contributed by atoms with van der Waals surface area (Å²) in [7, 11) is 0. The average molecular weight is 460 g/mol. The molecular formula is C21H22ClN5OS2. The molecular weight excluding hydrogens is 438 g/mol. The van der Waals surface area contributed by atoms with Crippen LogP contribution in [0.25, 0.3) is 11.3 Å². The van der Waals surface area contributed by atoms with Crippen molar-refractivity contribution >= 4 is 45.7 Å². The monoisotopic (exact) mass is 459 g/mol. The van der Waals surface area contributed by atoms with Crippen molar-refractivity contribution in [1.82, 2.24) is 19.7 Å². The topological polar surface area (TPSA) is 72.7 Å². The van der Waals surface area contributed by atoms with Crippen LogP contribution < -0.4 is 5.32 Å². The van der Waals surface area contributed by atoms with Crippen LogP contribution in [0, 0.1) is 0 Å². The third kappa shape index (κ3) is 4.94. The second kappa shape index (κ2) is 9.76. The van der Waals surface area contributed by atoms with Crippen molar-refractivity contribution in [3.8, 4) is 11.3 Å². The lowest BCUT2D eigenvalue weighted by molar-refractivity contribution is -0.113. The van der Waals surface area contributed by atoms with Crippen molar-refractivity contribution < 1.29 is 4.79 Å². The highest BCUT2D eigenvalue weighted by Crippen LogP contribution is 2.34. The molecule has 1 saturated carbocycles. The SMILES string of the molecule is C=CCn1c(SCC(=O)Nc2nc(-c3ccc(Cl)cc3)cs2)nnc1C1CCCC1. The van der Waals surface area contributed by atoms with Gasteiger partial charge in [-0.2, -0.15) is 0 Å². The van der Waals surface area contributed by atoms with Gasteiger partial charge in [-0.3, -0.25) is 4.79 Å². The summed E-state index contributed by atoms with van der Waals surface area (Å²) in [5, 5.41) is 15.5. The van der Waals surface area contributed by atoms with Gasteiger partial charge in [0.15, 0.2) is 10.3 Å². The molecule has 2 aromatic heterocycles. The van der Waals surface area contributed by atoms with Crippen molar-refractivity contribution in [2.24, 2.45) is 0 Å². The van der Waals surface area contributed by atoms with Gasteiger partial charge in [-0.05, 0) is 25.0 Å². The lowest BCUT2D eigenvalue weighted by Crippen LogP contribution is -2.15. The fourth-order valence-electron chi connectivity index (χ4n) is 3.56. The number of carbonyl (C=O) groups is 1. The van der Waals surface area contributed by atoms with Gasteiger partial charge in [0.2, 0.25) is 5.91 Å². The van der Waals surface area contributed by atoms with Gasteiger partial charge in [-0.15, -0.1) is 28.1 Å². The molecule has 0 bridgehead atoms. The van der Waals surface area contributed by atoms with E-state index in [1.807, 2.05) is 35.7 Å². The first-order chi connectivity index (χ1) is 14.6. The molecule has 3 aromatic rings. The lowest BCUT2D eigenvalue weighted by atomic mass is 10.1. The summed E-state index contributed by atoms with van der Waals surface area (Å²) in [6.45, 7) is 4.50. The number of amides is 1. The van der Waals surface area contributed by atoms with Gasteiger partial charge in [-0.1, -0.05) is 54.4 Å². The number of allylic oxidation sites excluding steroid dienone is 1. The molecule has 1 aliphatic rings. The van der Waals surface area contributed by atoms with Crippen LogP contribution in [-0.4, -0.2) is 31.4 Å². The molecule has 0 spiro atoms. The van der Waals surface area contributed by atoms with E-state index in [-0.39, 0.29) is 11.7 Å². The zero-order valence-corrected chi connectivity index (χ0v) is 18.8. The predicted octanol–water partition coefficient (Wildman–Crippen LogP) is 5.63. The van der Waals surface area contributed by atoms with Crippen molar-refractivity contribution in [3.63, 3.8) is 0 Å². The van der Waals surface area contributed by atoms with Crippen LogP contribution in [0.15, 0.2) is 47.5 Å². The van der Waals surface area contributed by atoms with Gasteiger partial charge < -0.3 is 9.88 Å². The highest BCUT2D eigenvalue weighted by molar-refractivity contribution is 7.99. The van der Waals surface area contributed by atoms with Gasteiger partial charge in [0.25, 0.3) is 0 Å². The Hall–Kier alpha value is -2.16. The minimum Gasteiger partial charge on any atom is -0.302 e. The molecule has 0 unspecified atom stereocenters. The molecule has 0 saturated heterocycles. The van der Waals surface area contributed by atoms with E-state index in [0.717, 1.165) is 35.1 Å². The van der Waals surface area contributed by atoms with Gasteiger partial charge in [0.05, 0.1) is 11.4 Å². The fourth-order valence-corrected chi connectivity index (χ4v) is 5.18. The summed E-state index contributed by atoms with van der Waals surface area (Å²) in [6, 6.07) is 7.47. The van der Waals surface area contributed by atoms with Crippen molar-refractivity contribution in [3.05, 3.63) is 53.1 Å². The Bertz CT molecular complexity index is 1020. The van der Waals surface area contributed by atoms with Gasteiger partial charge in [0.1, 0.15) is 5.82 Å². The van der Waals surface area contributed by atoms with Crippen molar-refractivity contribution in [1.29, 1.82) is 0 Å². The standard InChI is InChI=1S/C21H22ClN5OS2/c1-2-11-27-19(15-5-3-4-6-15)25-26-21(27)30-13-18(28)24-20-23-17(12-29-20)14-7-9-16(22)10-8-14/h2,7-10,12,15H,1,3-6,11,13H2,(H,23,24,28). The van der Waals surface area contributed by atoms with E-state index in [9.17, 15) is 4.79 Å². The Balaban J connectivity index is 1.37. The van der Waals surface area contributed by atoms with E-state index in [0.29, 0.717) is 22.6 Å². The van der Waals surface area contributed by atoms with Gasteiger partial charge in [0, 0.05) is 28.4 Å². The number of halogens is 1. The molecule has 1 aromatic carbocycles. The molecule has 2 heterocycles. The first-order valence-corrected chi connectivity index (χ1v) is 12.1. The van der Waals surface area contributed by atoms with E-state index < -0.39 is 0 Å². The number of nitrogens with one attached hydrogen (secondary N) is 1. The summed E-state index contributed by atoms with van der Waals surface area (Å²) in [6.07, 6.45) is 6.63. The van der Waals surface area contributed by atoms with E-state index >= 15 is 0 Å². The lowest BCUT2D eigenvalue weighted by Gasteiger charge is -2.11. The molecule has 0 atom stereocenters. The number of aromatic nitrogens is 4. The van der Waals surface area contributed by atoms with E-state index in [1.165, 1.54) is 35.9 Å². The predicted molar refractivity (Wildman–Crippen MR) is 123 cm³/mol. The maximum absolute atomic E-state index is 12.4. The minimum absolute atomic E-state index is 0.118. The molecule has 6 nitrogen and oxygen atoms in total. The molecule has 1 N–H and O–H groups in total. The Morgan fingerprint density at radius 3 is 2.80 bits per heavy atom. The maximum atomic E-state index is 12.4. The molecule has 0 radical (unpaired) electrons. The number of anilines is 1. The van der Waals surface area contributed by atoms with E-state index in [4.69, 9.17) is 11.6 Å². The summed E-state index contributed by atoms with van der Waals surface area (Å²) in [5.74, 6) is 1.60. The van der Waals surface area contributed by atoms with Crippen LogP contribution in [0.5, 0.6) is 0 Å². The molecule has 156 valence electrons. The second-order valence-corrected chi connectivity index (χ2v) is 9.34. The quantitative estimate of drug-likeness (QED) is 0.349. The zero-order valence-electron chi connectivity index (χ0n) is 16.4. The second-order valence-electron chi connectivity index (χ2n) is 7.10. The third-order valence-electron chi connectivity index (χ3n) is 5.00. The summed E-state index contributed by atoms with van der Waals surface area (Å²) >= 11 is 8.72. The average Bonchev–Trinajstić information content (AvgIpc) is 3.48. The van der Waals surface area contributed by atoms with Crippen LogP contribution >= 0.6 is 34.7 Å². The van der Waals surface area contributed by atoms with Gasteiger partial charge in [-0.25, -0.2) is 4.98 Å². The number of thioether (sulfide) groups is 1. The summed E-state index contributed by atoms with van der Waals surface area (Å²) in [4.78, 5) is 16.9. The Morgan fingerprint density at radius 2 is 2.07 bits per heavy atom. The van der Waals surface area contributed by atoms with Crippen LogP contribution in [0.1, 0.15) is 37.4 Å². The molecule has 9 heteroatoms. The first-order valence-electron chi connectivity index (χ1n) is 9.82. The highest BCUT2D eigenvalue weighted by Gasteiger charge is 2.24. The minimum atomic E-state index is -0.118. The normalized spacial score (nSPS) is 14.2. The number of thiazole rings is 1.